The lowest BCUT2D eigenvalue weighted by Crippen LogP contribution is -2.30. The zero-order chi connectivity index (χ0) is 11.3. The smallest absolute Gasteiger partial charge is 0.187 e. The van der Waals surface area contributed by atoms with Gasteiger partial charge in [-0.1, -0.05) is 32.0 Å². The Morgan fingerprint density at radius 2 is 2.00 bits per heavy atom. The van der Waals surface area contributed by atoms with E-state index in [4.69, 9.17) is 5.73 Å². The highest BCUT2D eigenvalue weighted by molar-refractivity contribution is 7.99. The van der Waals surface area contributed by atoms with Crippen LogP contribution in [0.25, 0.3) is 0 Å². The number of hydrogen-bond acceptors (Lipinski definition) is 4. The molecule has 1 aromatic heterocycles. The molecule has 0 bridgehead atoms. The first-order chi connectivity index (χ1) is 7.13. The van der Waals surface area contributed by atoms with Gasteiger partial charge in [0.15, 0.2) is 5.16 Å². The summed E-state index contributed by atoms with van der Waals surface area (Å²) in [5.74, 6) is 1.45. The molecule has 0 fully saturated rings. The van der Waals surface area contributed by atoms with E-state index in [0.29, 0.717) is 5.92 Å². The van der Waals surface area contributed by atoms with Crippen LogP contribution < -0.4 is 5.73 Å². The average molecular weight is 225 g/mol. The molecule has 0 aliphatic rings. The van der Waals surface area contributed by atoms with E-state index in [1.807, 2.05) is 19.3 Å². The van der Waals surface area contributed by atoms with Crippen LogP contribution in [0.1, 0.15) is 25.8 Å². The van der Waals surface area contributed by atoms with E-state index in [1.165, 1.54) is 0 Å². The normalized spacial score (nSPS) is 14.9. The van der Waals surface area contributed by atoms with Crippen LogP contribution in [0.15, 0.2) is 17.6 Å². The number of nitrogens with two attached hydrogens (primary N) is 1. The van der Waals surface area contributed by atoms with Gasteiger partial charge in [-0.3, -0.25) is 0 Å². The first-order valence-corrected chi connectivity index (χ1v) is 6.29. The Morgan fingerprint density at radius 3 is 2.53 bits per heavy atom. The zero-order valence-corrected chi connectivity index (χ0v) is 10.4. The molecule has 3 nitrogen and oxygen atoms in total. The van der Waals surface area contributed by atoms with Gasteiger partial charge in [-0.15, -0.1) is 0 Å². The summed E-state index contributed by atoms with van der Waals surface area (Å²) in [5, 5.41) is 0.819. The van der Waals surface area contributed by atoms with Crippen molar-refractivity contribution >= 4 is 11.8 Å². The fourth-order valence-corrected chi connectivity index (χ4v) is 2.02. The second-order valence-corrected chi connectivity index (χ2v) is 4.89. The number of aryl methyl sites for hydroxylation is 1. The maximum absolute atomic E-state index is 6.03. The fourth-order valence-electron chi connectivity index (χ4n) is 1.09. The molecule has 2 N–H and O–H groups in total. The maximum Gasteiger partial charge on any atom is 0.187 e. The molecule has 1 heterocycles. The molecule has 0 saturated heterocycles. The predicted octanol–water partition coefficient (Wildman–Crippen LogP) is 2.25. The van der Waals surface area contributed by atoms with Crippen molar-refractivity contribution in [1.29, 1.82) is 0 Å². The lowest BCUT2D eigenvalue weighted by atomic mass is 10.0. The Hall–Kier alpha value is -0.610. The molecule has 0 amide bonds. The predicted molar refractivity (Wildman–Crippen MR) is 64.9 cm³/mol. The molecular formula is C11H19N3S. The van der Waals surface area contributed by atoms with Gasteiger partial charge in [0.2, 0.25) is 0 Å². The third-order valence-electron chi connectivity index (χ3n) is 2.54. The first-order valence-electron chi connectivity index (χ1n) is 5.30. The number of rotatable bonds is 5. The van der Waals surface area contributed by atoms with Crippen molar-refractivity contribution in [3.05, 3.63) is 18.0 Å². The van der Waals surface area contributed by atoms with Crippen molar-refractivity contribution < 1.29 is 0 Å². The third kappa shape index (κ3) is 4.18. The lowest BCUT2D eigenvalue weighted by Gasteiger charge is -2.16. The molecule has 0 spiro atoms. The van der Waals surface area contributed by atoms with Crippen molar-refractivity contribution in [3.8, 4) is 0 Å². The Morgan fingerprint density at radius 1 is 1.40 bits per heavy atom. The summed E-state index contributed by atoms with van der Waals surface area (Å²) in [4.78, 5) is 8.46. The van der Waals surface area contributed by atoms with Gasteiger partial charge in [0.25, 0.3) is 0 Å². The molecule has 1 aromatic rings. The third-order valence-corrected chi connectivity index (χ3v) is 3.56. The van der Waals surface area contributed by atoms with Gasteiger partial charge in [-0.2, -0.15) is 0 Å². The quantitative estimate of drug-likeness (QED) is 0.617. The molecule has 2 unspecified atom stereocenters. The lowest BCUT2D eigenvalue weighted by molar-refractivity contribution is 0.475. The number of aromatic nitrogens is 2. The van der Waals surface area contributed by atoms with Crippen molar-refractivity contribution in [2.75, 3.05) is 5.75 Å². The number of nitrogens with zero attached hydrogens (tertiary/aromatic N) is 2. The van der Waals surface area contributed by atoms with Gasteiger partial charge in [0, 0.05) is 24.2 Å². The molecular weight excluding hydrogens is 206 g/mol. The van der Waals surface area contributed by atoms with Crippen molar-refractivity contribution in [1.82, 2.24) is 9.97 Å². The largest absolute Gasteiger partial charge is 0.327 e. The molecule has 2 atom stereocenters. The molecule has 15 heavy (non-hydrogen) atoms. The molecule has 0 saturated carbocycles. The average Bonchev–Trinajstić information content (AvgIpc) is 2.26. The zero-order valence-electron chi connectivity index (χ0n) is 9.60. The van der Waals surface area contributed by atoms with Crippen LogP contribution >= 0.6 is 11.8 Å². The van der Waals surface area contributed by atoms with E-state index in [1.54, 1.807) is 11.8 Å². The van der Waals surface area contributed by atoms with Crippen LogP contribution in [0.4, 0.5) is 0 Å². The molecule has 0 aromatic carbocycles. The standard InChI is InChI=1S/C11H19N3S/c1-4-9(3)10(12)7-15-11-13-5-8(2)6-14-11/h5-6,9-10H,4,7,12H2,1-3H3. The summed E-state index contributed by atoms with van der Waals surface area (Å²) in [6.07, 6.45) is 4.80. The SMILES string of the molecule is CCC(C)C(N)CSc1ncc(C)cn1. The monoisotopic (exact) mass is 225 g/mol. The summed E-state index contributed by atoms with van der Waals surface area (Å²) in [6.45, 7) is 6.33. The van der Waals surface area contributed by atoms with Gasteiger partial charge in [0.05, 0.1) is 0 Å². The molecule has 4 heteroatoms. The van der Waals surface area contributed by atoms with Gasteiger partial charge in [0.1, 0.15) is 0 Å². The highest BCUT2D eigenvalue weighted by atomic mass is 32.2. The van der Waals surface area contributed by atoms with Crippen LogP contribution in [0.2, 0.25) is 0 Å². The van der Waals surface area contributed by atoms with Crippen LogP contribution in [0, 0.1) is 12.8 Å². The minimum Gasteiger partial charge on any atom is -0.327 e. The summed E-state index contributed by atoms with van der Waals surface area (Å²) >= 11 is 1.63. The topological polar surface area (TPSA) is 51.8 Å². The van der Waals surface area contributed by atoms with E-state index in [9.17, 15) is 0 Å². The second kappa shape index (κ2) is 6.08. The van der Waals surface area contributed by atoms with E-state index in [0.717, 1.165) is 22.9 Å². The van der Waals surface area contributed by atoms with Gasteiger partial charge in [-0.25, -0.2) is 9.97 Å². The Bertz CT molecular complexity index is 286. The van der Waals surface area contributed by atoms with Gasteiger partial charge < -0.3 is 5.73 Å². The Kier molecular flexibility index (Phi) is 5.05. The Labute approximate surface area is 95.9 Å². The van der Waals surface area contributed by atoms with E-state index >= 15 is 0 Å². The number of thioether (sulfide) groups is 1. The summed E-state index contributed by atoms with van der Waals surface area (Å²) in [7, 11) is 0. The van der Waals surface area contributed by atoms with Crippen molar-refractivity contribution in [3.63, 3.8) is 0 Å². The van der Waals surface area contributed by atoms with E-state index in [2.05, 4.69) is 23.8 Å². The van der Waals surface area contributed by atoms with E-state index in [-0.39, 0.29) is 6.04 Å². The van der Waals surface area contributed by atoms with Crippen LogP contribution in [-0.4, -0.2) is 21.8 Å². The van der Waals surface area contributed by atoms with E-state index < -0.39 is 0 Å². The molecule has 0 radical (unpaired) electrons. The van der Waals surface area contributed by atoms with Crippen LogP contribution in [0.5, 0.6) is 0 Å². The molecule has 0 aliphatic heterocycles. The number of hydrogen-bond donors (Lipinski definition) is 1. The highest BCUT2D eigenvalue weighted by Crippen LogP contribution is 2.16. The molecule has 1 rings (SSSR count). The summed E-state index contributed by atoms with van der Waals surface area (Å²) in [5.41, 5.74) is 7.12. The second-order valence-electron chi connectivity index (χ2n) is 3.90. The highest BCUT2D eigenvalue weighted by Gasteiger charge is 2.11. The summed E-state index contributed by atoms with van der Waals surface area (Å²) in [6, 6.07) is 0.227. The van der Waals surface area contributed by atoms with Gasteiger partial charge in [-0.05, 0) is 18.4 Å². The molecule has 0 aliphatic carbocycles. The Balaban J connectivity index is 2.40. The summed E-state index contributed by atoms with van der Waals surface area (Å²) < 4.78 is 0. The maximum atomic E-state index is 6.03. The minimum atomic E-state index is 0.227. The van der Waals surface area contributed by atoms with Crippen LogP contribution in [-0.2, 0) is 0 Å². The van der Waals surface area contributed by atoms with Crippen molar-refractivity contribution in [2.45, 2.75) is 38.4 Å². The first kappa shape index (κ1) is 12.5. The molecule has 84 valence electrons. The fraction of sp³-hybridized carbons (Fsp3) is 0.636. The van der Waals surface area contributed by atoms with Crippen LogP contribution in [0.3, 0.4) is 0 Å². The minimum absolute atomic E-state index is 0.227. The van der Waals surface area contributed by atoms with Crippen molar-refractivity contribution in [2.24, 2.45) is 11.7 Å². The van der Waals surface area contributed by atoms with Gasteiger partial charge >= 0.3 is 0 Å².